The first kappa shape index (κ1) is 19.7. The van der Waals surface area contributed by atoms with E-state index >= 15 is 0 Å². The second-order valence-electron chi connectivity index (χ2n) is 7.55. The van der Waals surface area contributed by atoms with Gasteiger partial charge in [0.2, 0.25) is 0 Å². The summed E-state index contributed by atoms with van der Waals surface area (Å²) in [4.78, 5) is 17.5. The van der Waals surface area contributed by atoms with E-state index in [4.69, 9.17) is 16.1 Å². The highest BCUT2D eigenvalue weighted by molar-refractivity contribution is 6.33. The number of aromatic nitrogens is 2. The molecule has 7 heteroatoms. The van der Waals surface area contributed by atoms with Crippen molar-refractivity contribution in [1.29, 1.82) is 0 Å². The predicted octanol–water partition coefficient (Wildman–Crippen LogP) is 4.05. The van der Waals surface area contributed by atoms with Crippen molar-refractivity contribution in [2.75, 3.05) is 37.6 Å². The second-order valence-corrected chi connectivity index (χ2v) is 7.96. The number of aryl methyl sites for hydroxylation is 2. The minimum atomic E-state index is 0.135. The minimum absolute atomic E-state index is 0.135. The van der Waals surface area contributed by atoms with Gasteiger partial charge in [-0.2, -0.15) is 0 Å². The Morgan fingerprint density at radius 2 is 1.83 bits per heavy atom. The fourth-order valence-corrected chi connectivity index (χ4v) is 4.25. The third-order valence-corrected chi connectivity index (χ3v) is 5.83. The van der Waals surface area contributed by atoms with Gasteiger partial charge in [0.05, 0.1) is 17.3 Å². The predicted molar refractivity (Wildman–Crippen MR) is 114 cm³/mol. The van der Waals surface area contributed by atoms with Gasteiger partial charge in [0.1, 0.15) is 5.76 Å². The van der Waals surface area contributed by atoms with Gasteiger partial charge in [-0.15, -0.1) is 0 Å². The molecule has 0 unspecified atom stereocenters. The second kappa shape index (κ2) is 8.05. The molecule has 1 aliphatic rings. The van der Waals surface area contributed by atoms with Crippen molar-refractivity contribution in [3.8, 4) is 5.82 Å². The molecule has 152 valence electrons. The van der Waals surface area contributed by atoms with E-state index in [2.05, 4.69) is 15.0 Å². The van der Waals surface area contributed by atoms with Gasteiger partial charge in [-0.25, -0.2) is 0 Å². The lowest BCUT2D eigenvalue weighted by molar-refractivity contribution is 0.0926. The molecule has 1 aliphatic heterocycles. The Labute approximate surface area is 175 Å². The number of para-hydroxylation sites is 1. The summed E-state index contributed by atoms with van der Waals surface area (Å²) >= 11 is 6.32. The maximum atomic E-state index is 13.0. The number of carbonyl (C=O) groups is 1. The van der Waals surface area contributed by atoms with Crippen LogP contribution in [0.2, 0.25) is 5.02 Å². The van der Waals surface area contributed by atoms with Gasteiger partial charge in [0.15, 0.2) is 11.6 Å². The highest BCUT2D eigenvalue weighted by Crippen LogP contribution is 2.26. The largest absolute Gasteiger partial charge is 0.368 e. The molecule has 1 aromatic carbocycles. The molecule has 4 rings (SSSR count). The monoisotopic (exact) mass is 412 g/mol. The Bertz CT molecular complexity index is 1030. The average Bonchev–Trinajstić information content (AvgIpc) is 3.25. The summed E-state index contributed by atoms with van der Waals surface area (Å²) < 4.78 is 7.17. The molecule has 0 N–H and O–H groups in total. The first-order chi connectivity index (χ1) is 13.9. The number of Topliss-reactive ketones (excluding diaryl/α,β-unsaturated/α-hetero) is 1. The number of ketones is 1. The van der Waals surface area contributed by atoms with Crippen molar-refractivity contribution in [2.45, 2.75) is 20.8 Å². The van der Waals surface area contributed by atoms with Gasteiger partial charge >= 0.3 is 0 Å². The number of hydrogen-bond donors (Lipinski definition) is 0. The van der Waals surface area contributed by atoms with E-state index in [1.54, 1.807) is 0 Å². The summed E-state index contributed by atoms with van der Waals surface area (Å²) in [7, 11) is 0. The number of nitrogens with zero attached hydrogens (tertiary/aromatic N) is 4. The molecule has 29 heavy (non-hydrogen) atoms. The highest BCUT2D eigenvalue weighted by atomic mass is 35.5. The number of anilines is 1. The number of carbonyl (C=O) groups excluding carboxylic acids is 1. The summed E-state index contributed by atoms with van der Waals surface area (Å²) in [5.41, 5.74) is 3.68. The normalized spacial score (nSPS) is 15.1. The van der Waals surface area contributed by atoms with Crippen molar-refractivity contribution < 1.29 is 9.32 Å². The van der Waals surface area contributed by atoms with Crippen molar-refractivity contribution in [3.63, 3.8) is 0 Å². The van der Waals surface area contributed by atoms with E-state index in [1.165, 1.54) is 0 Å². The van der Waals surface area contributed by atoms with E-state index in [-0.39, 0.29) is 5.78 Å². The molecular formula is C22H25ClN4O2. The average molecular weight is 413 g/mol. The zero-order valence-corrected chi connectivity index (χ0v) is 17.7. The molecule has 0 amide bonds. The molecule has 1 saturated heterocycles. The highest BCUT2D eigenvalue weighted by Gasteiger charge is 2.23. The van der Waals surface area contributed by atoms with Crippen LogP contribution < -0.4 is 4.90 Å². The molecule has 0 atom stereocenters. The van der Waals surface area contributed by atoms with Crippen molar-refractivity contribution in [2.24, 2.45) is 0 Å². The molecule has 6 nitrogen and oxygen atoms in total. The Morgan fingerprint density at radius 3 is 2.48 bits per heavy atom. The minimum Gasteiger partial charge on any atom is -0.368 e. The summed E-state index contributed by atoms with van der Waals surface area (Å²) in [6.45, 7) is 9.59. The third-order valence-electron chi connectivity index (χ3n) is 5.51. The van der Waals surface area contributed by atoms with Crippen LogP contribution in [0.1, 0.15) is 27.5 Å². The maximum Gasteiger partial charge on any atom is 0.180 e. The molecule has 3 heterocycles. The zero-order chi connectivity index (χ0) is 20.5. The van der Waals surface area contributed by atoms with Crippen LogP contribution >= 0.6 is 11.6 Å². The lowest BCUT2D eigenvalue weighted by Crippen LogP contribution is -2.48. The molecule has 0 spiro atoms. The molecule has 0 bridgehead atoms. The van der Waals surface area contributed by atoms with Gasteiger partial charge in [-0.05, 0) is 39.0 Å². The first-order valence-electron chi connectivity index (χ1n) is 9.81. The first-order valence-corrected chi connectivity index (χ1v) is 10.2. The van der Waals surface area contributed by atoms with Crippen molar-refractivity contribution >= 4 is 23.1 Å². The van der Waals surface area contributed by atoms with Crippen molar-refractivity contribution in [3.05, 3.63) is 64.1 Å². The molecule has 0 radical (unpaired) electrons. The molecule has 1 fully saturated rings. The fourth-order valence-electron chi connectivity index (χ4n) is 4.00. The zero-order valence-electron chi connectivity index (χ0n) is 17.0. The third kappa shape index (κ3) is 3.95. The van der Waals surface area contributed by atoms with Crippen LogP contribution in [0.3, 0.4) is 0 Å². The molecule has 2 aromatic heterocycles. The number of benzene rings is 1. The Morgan fingerprint density at radius 1 is 1.10 bits per heavy atom. The molecular weight excluding hydrogens is 388 g/mol. The Kier molecular flexibility index (Phi) is 5.48. The summed E-state index contributed by atoms with van der Waals surface area (Å²) in [5, 5.41) is 4.86. The topological polar surface area (TPSA) is 54.5 Å². The van der Waals surface area contributed by atoms with Gasteiger partial charge in [0.25, 0.3) is 0 Å². The van der Waals surface area contributed by atoms with E-state index in [0.29, 0.717) is 12.4 Å². The van der Waals surface area contributed by atoms with E-state index in [0.717, 1.165) is 59.6 Å². The summed E-state index contributed by atoms with van der Waals surface area (Å²) in [5.74, 6) is 1.59. The fraction of sp³-hybridized carbons (Fsp3) is 0.364. The molecule has 0 saturated carbocycles. The SMILES string of the molecule is Cc1cc(-n2c(C)cc(C(=O)CN3CCN(c4ccccc4Cl)CC3)c2C)no1. The van der Waals surface area contributed by atoms with Gasteiger partial charge in [-0.3, -0.25) is 14.3 Å². The van der Waals surface area contributed by atoms with Gasteiger partial charge < -0.3 is 9.42 Å². The lowest BCUT2D eigenvalue weighted by atomic mass is 10.1. The molecule has 3 aromatic rings. The van der Waals surface area contributed by atoms with Crippen LogP contribution in [0, 0.1) is 20.8 Å². The standard InChI is InChI=1S/C22H25ClN4O2/c1-15-12-18(17(3)27(15)22-13-16(2)29-24-22)21(28)14-25-8-10-26(11-9-25)20-7-5-4-6-19(20)23/h4-7,12-13H,8-11,14H2,1-3H3. The Balaban J connectivity index is 1.43. The summed E-state index contributed by atoms with van der Waals surface area (Å²) in [6, 6.07) is 11.7. The Hall–Kier alpha value is -2.57. The van der Waals surface area contributed by atoms with Crippen LogP contribution in [0.5, 0.6) is 0 Å². The van der Waals surface area contributed by atoms with Crippen molar-refractivity contribution in [1.82, 2.24) is 14.6 Å². The van der Waals surface area contributed by atoms with Gasteiger partial charge in [-0.1, -0.05) is 28.9 Å². The number of halogens is 1. The number of rotatable bonds is 5. The maximum absolute atomic E-state index is 13.0. The van der Waals surface area contributed by atoms with Crippen LogP contribution in [-0.4, -0.2) is 53.1 Å². The number of hydrogen-bond acceptors (Lipinski definition) is 5. The van der Waals surface area contributed by atoms with Crippen LogP contribution in [0.4, 0.5) is 5.69 Å². The van der Waals surface area contributed by atoms with E-state index in [9.17, 15) is 4.79 Å². The quantitative estimate of drug-likeness (QED) is 0.592. The lowest BCUT2D eigenvalue weighted by Gasteiger charge is -2.36. The van der Waals surface area contributed by atoms with Gasteiger partial charge in [0, 0.05) is 49.2 Å². The smallest absolute Gasteiger partial charge is 0.180 e. The molecule has 0 aliphatic carbocycles. The van der Waals surface area contributed by atoms with Crippen LogP contribution in [0.15, 0.2) is 40.9 Å². The van der Waals surface area contributed by atoms with Crippen LogP contribution in [-0.2, 0) is 0 Å². The summed E-state index contributed by atoms with van der Waals surface area (Å²) in [6.07, 6.45) is 0. The number of piperazine rings is 1. The van der Waals surface area contributed by atoms with Crippen LogP contribution in [0.25, 0.3) is 5.82 Å². The van der Waals surface area contributed by atoms with E-state index < -0.39 is 0 Å². The van der Waals surface area contributed by atoms with E-state index in [1.807, 2.05) is 61.7 Å².